The first kappa shape index (κ1) is 20.8. The molecular formula is C24H33N7O. The third-order valence-corrected chi connectivity index (χ3v) is 7.20. The highest BCUT2D eigenvalue weighted by molar-refractivity contribution is 5.78. The molecule has 1 aromatic heterocycles. The van der Waals surface area contributed by atoms with Gasteiger partial charge in [0.2, 0.25) is 0 Å². The number of aromatic nitrogens is 2. The van der Waals surface area contributed by atoms with Crippen LogP contribution in [0.3, 0.4) is 0 Å². The Morgan fingerprint density at radius 3 is 2.44 bits per heavy atom. The molecule has 3 fully saturated rings. The fourth-order valence-electron chi connectivity index (χ4n) is 5.50. The van der Waals surface area contributed by atoms with Crippen LogP contribution in [0.4, 0.5) is 5.69 Å². The Hall–Kier alpha value is -3.13. The van der Waals surface area contributed by atoms with Crippen LogP contribution in [0.15, 0.2) is 48.6 Å². The number of rotatable bonds is 5. The van der Waals surface area contributed by atoms with Gasteiger partial charge in [-0.25, -0.2) is 4.68 Å². The lowest BCUT2D eigenvalue weighted by molar-refractivity contribution is -0.0580. The summed E-state index contributed by atoms with van der Waals surface area (Å²) in [6, 6.07) is 7.71. The average molecular weight is 436 g/mol. The summed E-state index contributed by atoms with van der Waals surface area (Å²) in [5.41, 5.74) is 21.0. The van der Waals surface area contributed by atoms with E-state index in [4.69, 9.17) is 17.2 Å². The number of likely N-dealkylation sites (tertiary alicyclic amines) is 1. The predicted octanol–water partition coefficient (Wildman–Crippen LogP) is 2.09. The van der Waals surface area contributed by atoms with Crippen molar-refractivity contribution >= 4 is 17.1 Å². The lowest BCUT2D eigenvalue weighted by Crippen LogP contribution is -2.73. The highest BCUT2D eigenvalue weighted by Gasteiger charge is 2.53. The van der Waals surface area contributed by atoms with E-state index < -0.39 is 0 Å². The number of benzene rings is 1. The van der Waals surface area contributed by atoms with Gasteiger partial charge in [-0.15, -0.1) is 0 Å². The molecule has 0 radical (unpaired) electrons. The van der Waals surface area contributed by atoms with E-state index in [0.717, 1.165) is 24.8 Å². The van der Waals surface area contributed by atoms with Gasteiger partial charge in [0.25, 0.3) is 0 Å². The molecule has 8 heteroatoms. The number of phenols is 1. The van der Waals surface area contributed by atoms with Gasteiger partial charge in [-0.2, -0.15) is 5.10 Å². The second kappa shape index (κ2) is 8.09. The molecule has 5 rings (SSSR count). The van der Waals surface area contributed by atoms with Crippen LogP contribution in [-0.4, -0.2) is 52.0 Å². The second-order valence-electron chi connectivity index (χ2n) is 9.65. The molecule has 2 aromatic rings. The molecule has 1 saturated carbocycles. The molecule has 1 aromatic carbocycles. The van der Waals surface area contributed by atoms with E-state index >= 15 is 0 Å². The van der Waals surface area contributed by atoms with Crippen LogP contribution < -0.4 is 22.1 Å². The van der Waals surface area contributed by atoms with Crippen molar-refractivity contribution in [3.63, 3.8) is 0 Å². The summed E-state index contributed by atoms with van der Waals surface area (Å²) in [5.74, 6) is 0.214. The Morgan fingerprint density at radius 1 is 1.03 bits per heavy atom. The van der Waals surface area contributed by atoms with Crippen molar-refractivity contribution in [3.05, 3.63) is 54.1 Å². The molecule has 2 saturated heterocycles. The fraction of sp³-hybridized carbons (Fsp3) is 0.458. The van der Waals surface area contributed by atoms with Crippen LogP contribution in [0.5, 0.6) is 5.75 Å². The average Bonchev–Trinajstić information content (AvgIpc) is 3.20. The van der Waals surface area contributed by atoms with E-state index in [0.29, 0.717) is 22.4 Å². The topological polar surface area (TPSA) is 123 Å². The third kappa shape index (κ3) is 3.79. The summed E-state index contributed by atoms with van der Waals surface area (Å²) in [6.07, 6.45) is 12.4. The molecule has 1 spiro atoms. The van der Waals surface area contributed by atoms with E-state index in [1.54, 1.807) is 29.0 Å². The van der Waals surface area contributed by atoms with E-state index in [-0.39, 0.29) is 11.6 Å². The standard InChI is InChI=1S/C24H33N7O/c25-20(19-8-4-5-9-22(19)32)10-21(23(26)27)31-12-18(11-28-31)30-15-24(16-30)13-29(14-24)17-6-2-1-3-7-17/h4-5,8-12,17,32H,1-3,6-7,13-16,25-27H2/b20-10-. The normalized spacial score (nSPS) is 21.2. The van der Waals surface area contributed by atoms with Gasteiger partial charge < -0.3 is 27.2 Å². The van der Waals surface area contributed by atoms with Crippen molar-refractivity contribution in [2.45, 2.75) is 38.1 Å². The highest BCUT2D eigenvalue weighted by atomic mass is 16.3. The van der Waals surface area contributed by atoms with Crippen LogP contribution in [-0.2, 0) is 0 Å². The van der Waals surface area contributed by atoms with Crippen molar-refractivity contribution in [3.8, 4) is 5.75 Å². The minimum absolute atomic E-state index is 0.103. The van der Waals surface area contributed by atoms with Crippen molar-refractivity contribution in [2.24, 2.45) is 22.6 Å². The second-order valence-corrected chi connectivity index (χ2v) is 9.65. The van der Waals surface area contributed by atoms with E-state index in [2.05, 4.69) is 14.9 Å². The minimum atomic E-state index is 0.103. The lowest BCUT2D eigenvalue weighted by Gasteiger charge is -2.62. The molecule has 32 heavy (non-hydrogen) atoms. The summed E-state index contributed by atoms with van der Waals surface area (Å²) in [4.78, 5) is 5.06. The number of aromatic hydroxyl groups is 1. The molecule has 3 aliphatic rings. The number of para-hydroxylation sites is 1. The summed E-state index contributed by atoms with van der Waals surface area (Å²) >= 11 is 0. The number of nitrogens with zero attached hydrogens (tertiary/aromatic N) is 4. The first-order valence-electron chi connectivity index (χ1n) is 11.5. The quantitative estimate of drug-likeness (QED) is 0.530. The van der Waals surface area contributed by atoms with E-state index in [1.165, 1.54) is 45.2 Å². The van der Waals surface area contributed by atoms with Gasteiger partial charge in [0.05, 0.1) is 18.1 Å². The van der Waals surface area contributed by atoms with Crippen molar-refractivity contribution in [1.82, 2.24) is 14.7 Å². The van der Waals surface area contributed by atoms with Crippen LogP contribution in [0.1, 0.15) is 37.7 Å². The van der Waals surface area contributed by atoms with Gasteiger partial charge in [0, 0.05) is 48.9 Å². The molecular weight excluding hydrogens is 402 g/mol. The van der Waals surface area contributed by atoms with Crippen molar-refractivity contribution in [1.29, 1.82) is 0 Å². The predicted molar refractivity (Wildman–Crippen MR) is 127 cm³/mol. The van der Waals surface area contributed by atoms with Crippen LogP contribution in [0.2, 0.25) is 0 Å². The zero-order valence-corrected chi connectivity index (χ0v) is 18.5. The zero-order chi connectivity index (χ0) is 22.3. The maximum absolute atomic E-state index is 10.1. The number of hydrogen-bond donors (Lipinski definition) is 4. The number of anilines is 1. The van der Waals surface area contributed by atoms with E-state index in [1.807, 2.05) is 18.5 Å². The number of hydrogen-bond acceptors (Lipinski definition) is 7. The molecule has 0 atom stereocenters. The molecule has 2 aliphatic heterocycles. The van der Waals surface area contributed by atoms with Crippen LogP contribution in [0, 0.1) is 5.41 Å². The summed E-state index contributed by atoms with van der Waals surface area (Å²) in [6.45, 7) is 4.58. The van der Waals surface area contributed by atoms with Crippen molar-refractivity contribution in [2.75, 3.05) is 31.1 Å². The third-order valence-electron chi connectivity index (χ3n) is 7.20. The maximum atomic E-state index is 10.1. The van der Waals surface area contributed by atoms with Gasteiger partial charge in [-0.1, -0.05) is 31.4 Å². The van der Waals surface area contributed by atoms with Crippen molar-refractivity contribution < 1.29 is 5.11 Å². The molecule has 170 valence electrons. The first-order valence-corrected chi connectivity index (χ1v) is 11.5. The molecule has 7 N–H and O–H groups in total. The van der Waals surface area contributed by atoms with Crippen LogP contribution in [0.25, 0.3) is 11.4 Å². The summed E-state index contributed by atoms with van der Waals surface area (Å²) in [5, 5.41) is 14.5. The lowest BCUT2D eigenvalue weighted by atomic mass is 9.71. The summed E-state index contributed by atoms with van der Waals surface area (Å²) < 4.78 is 1.65. The number of allylic oxidation sites excluding steroid dienone is 2. The smallest absolute Gasteiger partial charge is 0.124 e. The molecule has 0 amide bonds. The Labute approximate surface area is 189 Å². The number of phenolic OH excluding ortho intramolecular Hbond substituents is 1. The molecule has 8 nitrogen and oxygen atoms in total. The number of nitrogens with two attached hydrogens (primary N) is 3. The maximum Gasteiger partial charge on any atom is 0.124 e. The molecule has 0 bridgehead atoms. The Balaban J connectivity index is 1.24. The molecule has 3 heterocycles. The highest BCUT2D eigenvalue weighted by Crippen LogP contribution is 2.44. The monoisotopic (exact) mass is 435 g/mol. The first-order chi connectivity index (χ1) is 15.4. The van der Waals surface area contributed by atoms with Gasteiger partial charge in [0.1, 0.15) is 17.3 Å². The summed E-state index contributed by atoms with van der Waals surface area (Å²) in [7, 11) is 0. The Morgan fingerprint density at radius 2 is 1.75 bits per heavy atom. The molecule has 0 unspecified atom stereocenters. The largest absolute Gasteiger partial charge is 0.507 e. The van der Waals surface area contributed by atoms with Gasteiger partial charge >= 0.3 is 0 Å². The Bertz CT molecular complexity index is 1030. The fourth-order valence-corrected chi connectivity index (χ4v) is 5.50. The van der Waals surface area contributed by atoms with Gasteiger partial charge in [0.15, 0.2) is 0 Å². The Kier molecular flexibility index (Phi) is 5.25. The molecule has 1 aliphatic carbocycles. The van der Waals surface area contributed by atoms with Gasteiger partial charge in [-0.05, 0) is 31.1 Å². The SMILES string of the molecule is NC(N)=C(/C=C(\N)c1ccccc1O)n1cc(N2CC3(C2)CN(C2CCCCC2)C3)cn1. The van der Waals surface area contributed by atoms with Gasteiger partial charge in [-0.3, -0.25) is 4.90 Å². The van der Waals surface area contributed by atoms with Crippen LogP contribution >= 0.6 is 0 Å². The minimum Gasteiger partial charge on any atom is -0.507 e. The van der Waals surface area contributed by atoms with E-state index in [9.17, 15) is 5.11 Å². The zero-order valence-electron chi connectivity index (χ0n) is 18.5.